The first kappa shape index (κ1) is 13.4. The molecule has 0 aliphatic carbocycles. The molecule has 2 N–H and O–H groups in total. The van der Waals surface area contributed by atoms with Crippen LogP contribution in [0.3, 0.4) is 0 Å². The number of methoxy groups -OCH3 is 1. The summed E-state index contributed by atoms with van der Waals surface area (Å²) in [5.74, 6) is 1.31. The number of hydrogen-bond acceptors (Lipinski definition) is 6. The fraction of sp³-hybridized carbons (Fsp3) is 0.250. The highest BCUT2D eigenvalue weighted by Gasteiger charge is 2.10. The maximum Gasteiger partial charge on any atom is 0.276 e. The molecule has 2 rings (SSSR count). The van der Waals surface area contributed by atoms with E-state index in [1.54, 1.807) is 7.11 Å². The van der Waals surface area contributed by atoms with Gasteiger partial charge < -0.3 is 14.9 Å². The topological polar surface area (TPSA) is 91.2 Å². The van der Waals surface area contributed by atoms with Crippen LogP contribution in [0, 0.1) is 0 Å². The zero-order valence-corrected chi connectivity index (χ0v) is 11.1. The lowest BCUT2D eigenvalue weighted by Crippen LogP contribution is -2.10. The number of benzene rings is 1. The van der Waals surface area contributed by atoms with Gasteiger partial charge in [0, 0.05) is 17.7 Å². The van der Waals surface area contributed by atoms with E-state index < -0.39 is 0 Å². The van der Waals surface area contributed by atoms with Gasteiger partial charge in [0.2, 0.25) is 11.8 Å². The molecule has 0 saturated heterocycles. The van der Waals surface area contributed by atoms with Crippen LogP contribution in [0.25, 0.3) is 11.5 Å². The quantitative estimate of drug-likeness (QED) is 0.809. The van der Waals surface area contributed by atoms with Crippen molar-refractivity contribution in [2.75, 3.05) is 12.9 Å². The Balaban J connectivity index is 2.05. The number of aromatic nitrogens is 2. The Kier molecular flexibility index (Phi) is 4.40. The number of amides is 1. The Bertz CT molecular complexity index is 571. The van der Waals surface area contributed by atoms with E-state index in [1.165, 1.54) is 11.8 Å². The van der Waals surface area contributed by atoms with E-state index in [1.807, 2.05) is 24.3 Å². The smallest absolute Gasteiger partial charge is 0.276 e. The van der Waals surface area contributed by atoms with Gasteiger partial charge in [0.15, 0.2) is 0 Å². The van der Waals surface area contributed by atoms with Gasteiger partial charge in [-0.05, 0) is 18.2 Å². The highest BCUT2D eigenvalue weighted by molar-refractivity contribution is 7.99. The lowest BCUT2D eigenvalue weighted by atomic mass is 10.2. The normalized spacial score (nSPS) is 10.4. The zero-order chi connectivity index (χ0) is 13.7. The molecular weight excluding hydrogens is 266 g/mol. The van der Waals surface area contributed by atoms with Crippen LogP contribution in [-0.4, -0.2) is 29.0 Å². The maximum absolute atomic E-state index is 10.6. The highest BCUT2D eigenvalue weighted by Crippen LogP contribution is 2.25. The SMILES string of the molecule is COc1cccc(-c2nnc(SCCC(N)=O)o2)c1. The first-order valence-corrected chi connectivity index (χ1v) is 6.56. The average molecular weight is 279 g/mol. The number of carbonyl (C=O) groups is 1. The summed E-state index contributed by atoms with van der Waals surface area (Å²) < 4.78 is 10.6. The van der Waals surface area contributed by atoms with E-state index in [2.05, 4.69) is 10.2 Å². The summed E-state index contributed by atoms with van der Waals surface area (Å²) in [5, 5.41) is 8.26. The van der Waals surface area contributed by atoms with Gasteiger partial charge >= 0.3 is 0 Å². The van der Waals surface area contributed by atoms with Crippen LogP contribution >= 0.6 is 11.8 Å². The van der Waals surface area contributed by atoms with Gasteiger partial charge in [-0.15, -0.1) is 10.2 Å². The molecule has 1 aromatic carbocycles. The molecule has 0 radical (unpaired) electrons. The van der Waals surface area contributed by atoms with E-state index in [-0.39, 0.29) is 12.3 Å². The van der Waals surface area contributed by atoms with Crippen molar-refractivity contribution in [2.45, 2.75) is 11.6 Å². The minimum atomic E-state index is -0.347. The van der Waals surface area contributed by atoms with Crippen LogP contribution in [0.2, 0.25) is 0 Å². The van der Waals surface area contributed by atoms with Crippen LogP contribution in [0.4, 0.5) is 0 Å². The van der Waals surface area contributed by atoms with Gasteiger partial charge in [-0.2, -0.15) is 0 Å². The van der Waals surface area contributed by atoms with Crippen molar-refractivity contribution in [1.29, 1.82) is 0 Å². The number of hydrogen-bond donors (Lipinski definition) is 1. The highest BCUT2D eigenvalue weighted by atomic mass is 32.2. The van der Waals surface area contributed by atoms with E-state index >= 15 is 0 Å². The first-order chi connectivity index (χ1) is 9.19. The van der Waals surface area contributed by atoms with Crippen molar-refractivity contribution < 1.29 is 13.9 Å². The second kappa shape index (κ2) is 6.24. The maximum atomic E-state index is 10.6. The Morgan fingerprint density at radius 3 is 3.05 bits per heavy atom. The van der Waals surface area contributed by atoms with Crippen LogP contribution in [-0.2, 0) is 4.79 Å². The molecule has 0 unspecified atom stereocenters. The number of thioether (sulfide) groups is 1. The molecule has 100 valence electrons. The number of rotatable bonds is 6. The second-order valence-electron chi connectivity index (χ2n) is 3.67. The summed E-state index contributed by atoms with van der Waals surface area (Å²) in [5.41, 5.74) is 5.84. The Morgan fingerprint density at radius 2 is 2.32 bits per heavy atom. The van der Waals surface area contributed by atoms with Crippen LogP contribution < -0.4 is 10.5 Å². The second-order valence-corrected chi connectivity index (χ2v) is 4.72. The lowest BCUT2D eigenvalue weighted by Gasteiger charge is -2.00. The molecule has 0 spiro atoms. The molecule has 1 amide bonds. The predicted octanol–water partition coefficient (Wildman–Crippen LogP) is 1.71. The van der Waals surface area contributed by atoms with E-state index in [0.717, 1.165) is 11.3 Å². The summed E-state index contributed by atoms with van der Waals surface area (Å²) in [7, 11) is 1.60. The standard InChI is InChI=1S/C12H13N3O3S/c1-17-9-4-2-3-8(7-9)11-14-15-12(18-11)19-6-5-10(13)16/h2-4,7H,5-6H2,1H3,(H2,13,16). The third kappa shape index (κ3) is 3.72. The molecule has 2 aromatic rings. The summed E-state index contributed by atoms with van der Waals surface area (Å²) in [4.78, 5) is 10.6. The molecule has 0 fully saturated rings. The largest absolute Gasteiger partial charge is 0.497 e. The van der Waals surface area contributed by atoms with Crippen LogP contribution in [0.1, 0.15) is 6.42 Å². The minimum Gasteiger partial charge on any atom is -0.497 e. The molecule has 0 atom stereocenters. The van der Waals surface area contributed by atoms with Crippen molar-refractivity contribution in [3.8, 4) is 17.2 Å². The van der Waals surface area contributed by atoms with Crippen LogP contribution in [0.15, 0.2) is 33.9 Å². The molecule has 0 saturated carbocycles. The fourth-order valence-corrected chi connectivity index (χ4v) is 2.09. The van der Waals surface area contributed by atoms with Crippen molar-refractivity contribution in [3.63, 3.8) is 0 Å². The molecule has 19 heavy (non-hydrogen) atoms. The Morgan fingerprint density at radius 1 is 1.47 bits per heavy atom. The van der Waals surface area contributed by atoms with Gasteiger partial charge in [0.1, 0.15) is 5.75 Å². The monoisotopic (exact) mass is 279 g/mol. The molecular formula is C12H13N3O3S. The summed E-state index contributed by atoms with van der Waals surface area (Å²) in [6.45, 7) is 0. The molecule has 1 aromatic heterocycles. The van der Waals surface area contributed by atoms with Gasteiger partial charge in [-0.25, -0.2) is 0 Å². The minimum absolute atomic E-state index is 0.279. The Labute approximate surface area is 114 Å². The zero-order valence-electron chi connectivity index (χ0n) is 10.3. The van der Waals surface area contributed by atoms with Gasteiger partial charge in [0.25, 0.3) is 5.22 Å². The third-order valence-electron chi connectivity index (χ3n) is 2.30. The molecule has 1 heterocycles. The lowest BCUT2D eigenvalue weighted by molar-refractivity contribution is -0.117. The number of carbonyl (C=O) groups excluding carboxylic acids is 1. The van der Waals surface area contributed by atoms with Gasteiger partial charge in [-0.3, -0.25) is 4.79 Å². The molecule has 0 aliphatic rings. The Hall–Kier alpha value is -2.02. The molecule has 6 nitrogen and oxygen atoms in total. The molecule has 7 heteroatoms. The van der Waals surface area contributed by atoms with E-state index in [0.29, 0.717) is 16.9 Å². The third-order valence-corrected chi connectivity index (χ3v) is 3.12. The predicted molar refractivity (Wildman–Crippen MR) is 70.8 cm³/mol. The van der Waals surface area contributed by atoms with E-state index in [9.17, 15) is 4.79 Å². The van der Waals surface area contributed by atoms with Crippen molar-refractivity contribution in [1.82, 2.24) is 10.2 Å². The number of ether oxygens (including phenoxy) is 1. The van der Waals surface area contributed by atoms with Crippen molar-refractivity contribution >= 4 is 17.7 Å². The number of nitrogens with zero attached hydrogens (tertiary/aromatic N) is 2. The summed E-state index contributed by atoms with van der Waals surface area (Å²) >= 11 is 1.30. The molecule has 0 bridgehead atoms. The van der Waals surface area contributed by atoms with Gasteiger partial charge in [-0.1, -0.05) is 17.8 Å². The molecule has 0 aliphatic heterocycles. The van der Waals surface area contributed by atoms with Crippen molar-refractivity contribution in [2.24, 2.45) is 5.73 Å². The van der Waals surface area contributed by atoms with Gasteiger partial charge in [0.05, 0.1) is 7.11 Å². The average Bonchev–Trinajstić information content (AvgIpc) is 2.87. The number of nitrogens with two attached hydrogens (primary N) is 1. The van der Waals surface area contributed by atoms with Crippen molar-refractivity contribution in [3.05, 3.63) is 24.3 Å². The summed E-state index contributed by atoms with van der Waals surface area (Å²) in [6.07, 6.45) is 0.279. The number of primary amides is 1. The fourth-order valence-electron chi connectivity index (χ4n) is 1.38. The van der Waals surface area contributed by atoms with E-state index in [4.69, 9.17) is 14.9 Å². The van der Waals surface area contributed by atoms with Crippen LogP contribution in [0.5, 0.6) is 5.75 Å². The summed E-state index contributed by atoms with van der Waals surface area (Å²) in [6, 6.07) is 7.35. The first-order valence-electron chi connectivity index (χ1n) is 5.58.